The van der Waals surface area contributed by atoms with Crippen LogP contribution >= 0.6 is 0 Å². The first-order valence-corrected chi connectivity index (χ1v) is 4.33. The smallest absolute Gasteiger partial charge is 0.337 e. The van der Waals surface area contributed by atoms with Gasteiger partial charge in [0.15, 0.2) is 0 Å². The number of aliphatic carboxylic acids is 1. The van der Waals surface area contributed by atoms with Crippen molar-refractivity contribution in [2.24, 2.45) is 0 Å². The van der Waals surface area contributed by atoms with E-state index in [-0.39, 0.29) is 0 Å². The summed E-state index contributed by atoms with van der Waals surface area (Å²) >= 11 is 0. The van der Waals surface area contributed by atoms with Crippen LogP contribution in [0.15, 0.2) is 18.3 Å². The number of ether oxygens (including phenoxy) is 1. The normalized spacial score (nSPS) is 11.9. The quantitative estimate of drug-likeness (QED) is 0.753. The highest BCUT2D eigenvalue weighted by Gasteiger charge is 2.16. The van der Waals surface area contributed by atoms with Crippen molar-refractivity contribution in [2.75, 3.05) is 7.11 Å². The van der Waals surface area contributed by atoms with Crippen molar-refractivity contribution in [3.05, 3.63) is 29.6 Å². The molecule has 1 aromatic rings. The number of carboxylic acids is 1. The van der Waals surface area contributed by atoms with E-state index in [1.165, 1.54) is 32.4 Å². The summed E-state index contributed by atoms with van der Waals surface area (Å²) in [5, 5.41) is 8.77. The number of pyridine rings is 1. The molecule has 0 aliphatic heterocycles. The van der Waals surface area contributed by atoms with Crippen molar-refractivity contribution < 1.29 is 19.4 Å². The summed E-state index contributed by atoms with van der Waals surface area (Å²) in [4.78, 5) is 25.7. The van der Waals surface area contributed by atoms with Crippen LogP contribution in [0.1, 0.15) is 28.9 Å². The summed E-state index contributed by atoms with van der Waals surface area (Å²) in [5.41, 5.74) is 0.640. The third kappa shape index (κ3) is 2.52. The molecule has 1 rings (SSSR count). The second-order valence-corrected chi connectivity index (χ2v) is 3.02. The molecule has 0 saturated heterocycles. The molecule has 0 spiro atoms. The Hall–Kier alpha value is -1.91. The standard InChI is InChI=1S/C10H11NO4/c1-6(9(12)13)8-5-7(3-4-11-8)10(14)15-2/h3-6H,1-2H3,(H,12,13). The fourth-order valence-corrected chi connectivity index (χ4v) is 1.06. The van der Waals surface area contributed by atoms with E-state index in [1.807, 2.05) is 0 Å². The summed E-state index contributed by atoms with van der Waals surface area (Å²) in [6.07, 6.45) is 1.39. The summed E-state index contributed by atoms with van der Waals surface area (Å²) in [5.74, 6) is -2.23. The van der Waals surface area contributed by atoms with E-state index in [1.54, 1.807) is 0 Å². The van der Waals surface area contributed by atoms with Gasteiger partial charge in [0, 0.05) is 6.20 Å². The summed E-state index contributed by atoms with van der Waals surface area (Å²) < 4.78 is 4.52. The maximum atomic E-state index is 11.2. The van der Waals surface area contributed by atoms with E-state index in [0.717, 1.165) is 0 Å². The van der Waals surface area contributed by atoms with Gasteiger partial charge in [-0.2, -0.15) is 0 Å². The van der Waals surface area contributed by atoms with E-state index in [2.05, 4.69) is 9.72 Å². The van der Waals surface area contributed by atoms with Crippen molar-refractivity contribution in [3.8, 4) is 0 Å². The molecule has 15 heavy (non-hydrogen) atoms. The van der Waals surface area contributed by atoms with Crippen LogP contribution in [0.4, 0.5) is 0 Å². The molecule has 0 aliphatic carbocycles. The van der Waals surface area contributed by atoms with Crippen LogP contribution in [0.2, 0.25) is 0 Å². The van der Waals surface area contributed by atoms with Crippen molar-refractivity contribution in [2.45, 2.75) is 12.8 Å². The molecular weight excluding hydrogens is 198 g/mol. The number of hydrogen-bond donors (Lipinski definition) is 1. The van der Waals surface area contributed by atoms with Crippen LogP contribution < -0.4 is 0 Å². The average molecular weight is 209 g/mol. The predicted octanol–water partition coefficient (Wildman–Crippen LogP) is 1.06. The molecule has 5 heteroatoms. The molecular formula is C10H11NO4. The Balaban J connectivity index is 3.02. The Morgan fingerprint density at radius 1 is 1.53 bits per heavy atom. The van der Waals surface area contributed by atoms with Crippen LogP contribution in [0.3, 0.4) is 0 Å². The largest absolute Gasteiger partial charge is 0.481 e. The van der Waals surface area contributed by atoms with E-state index in [9.17, 15) is 9.59 Å². The van der Waals surface area contributed by atoms with Crippen LogP contribution in [0.25, 0.3) is 0 Å². The molecule has 1 aromatic heterocycles. The Kier molecular flexibility index (Phi) is 3.38. The van der Waals surface area contributed by atoms with Crippen LogP contribution in [0, 0.1) is 0 Å². The average Bonchev–Trinajstić information content (AvgIpc) is 2.27. The van der Waals surface area contributed by atoms with Crippen molar-refractivity contribution >= 4 is 11.9 Å². The lowest BCUT2D eigenvalue weighted by atomic mass is 10.1. The van der Waals surface area contributed by atoms with Gasteiger partial charge in [0.1, 0.15) is 0 Å². The van der Waals surface area contributed by atoms with Gasteiger partial charge in [-0.3, -0.25) is 9.78 Å². The van der Waals surface area contributed by atoms with Gasteiger partial charge in [0.2, 0.25) is 0 Å². The monoisotopic (exact) mass is 209 g/mol. The zero-order chi connectivity index (χ0) is 11.4. The maximum Gasteiger partial charge on any atom is 0.337 e. The molecule has 0 saturated carbocycles. The van der Waals surface area contributed by atoms with Crippen LogP contribution in [-0.4, -0.2) is 29.1 Å². The Labute approximate surface area is 86.7 Å². The fourth-order valence-electron chi connectivity index (χ4n) is 1.06. The second kappa shape index (κ2) is 4.54. The number of methoxy groups -OCH3 is 1. The SMILES string of the molecule is COC(=O)c1ccnc(C(C)C(=O)O)c1. The van der Waals surface area contributed by atoms with Gasteiger partial charge in [0.05, 0.1) is 24.3 Å². The minimum atomic E-state index is -0.982. The second-order valence-electron chi connectivity index (χ2n) is 3.02. The Bertz CT molecular complexity index is 389. The number of nitrogens with zero attached hydrogens (tertiary/aromatic N) is 1. The first kappa shape index (κ1) is 11.2. The van der Waals surface area contributed by atoms with Gasteiger partial charge in [0.25, 0.3) is 0 Å². The molecule has 0 amide bonds. The molecule has 0 fully saturated rings. The number of carboxylic acid groups (broad SMARTS) is 1. The lowest BCUT2D eigenvalue weighted by Crippen LogP contribution is -2.11. The van der Waals surface area contributed by atoms with E-state index in [0.29, 0.717) is 11.3 Å². The predicted molar refractivity (Wildman–Crippen MR) is 51.6 cm³/mol. The first-order chi connectivity index (χ1) is 7.06. The number of hydrogen-bond acceptors (Lipinski definition) is 4. The third-order valence-corrected chi connectivity index (χ3v) is 2.02. The van der Waals surface area contributed by atoms with Crippen LogP contribution in [0.5, 0.6) is 0 Å². The molecule has 5 nitrogen and oxygen atoms in total. The Morgan fingerprint density at radius 2 is 2.20 bits per heavy atom. The van der Waals surface area contributed by atoms with Gasteiger partial charge in [-0.1, -0.05) is 0 Å². The highest BCUT2D eigenvalue weighted by atomic mass is 16.5. The van der Waals surface area contributed by atoms with Crippen molar-refractivity contribution in [1.82, 2.24) is 4.98 Å². The van der Waals surface area contributed by atoms with E-state index >= 15 is 0 Å². The first-order valence-electron chi connectivity index (χ1n) is 4.33. The van der Waals surface area contributed by atoms with Gasteiger partial charge in [-0.25, -0.2) is 4.79 Å². The highest BCUT2D eigenvalue weighted by Crippen LogP contribution is 2.14. The minimum absolute atomic E-state index is 0.301. The lowest BCUT2D eigenvalue weighted by molar-refractivity contribution is -0.138. The zero-order valence-electron chi connectivity index (χ0n) is 8.43. The molecule has 1 heterocycles. The van der Waals surface area contributed by atoms with Gasteiger partial charge >= 0.3 is 11.9 Å². The summed E-state index contributed by atoms with van der Waals surface area (Å²) in [6.45, 7) is 1.51. The molecule has 0 aliphatic rings. The van der Waals surface area contributed by atoms with E-state index < -0.39 is 17.9 Å². The fraction of sp³-hybridized carbons (Fsp3) is 0.300. The highest BCUT2D eigenvalue weighted by molar-refractivity contribution is 5.89. The number of carbonyl (C=O) groups is 2. The van der Waals surface area contributed by atoms with Gasteiger partial charge in [-0.05, 0) is 19.1 Å². The minimum Gasteiger partial charge on any atom is -0.481 e. The Morgan fingerprint density at radius 3 is 2.73 bits per heavy atom. The number of aromatic nitrogens is 1. The third-order valence-electron chi connectivity index (χ3n) is 2.02. The topological polar surface area (TPSA) is 76.5 Å². The van der Waals surface area contributed by atoms with Gasteiger partial charge in [-0.15, -0.1) is 0 Å². The number of esters is 1. The summed E-state index contributed by atoms with van der Waals surface area (Å²) in [7, 11) is 1.27. The number of rotatable bonds is 3. The molecule has 1 unspecified atom stereocenters. The lowest BCUT2D eigenvalue weighted by Gasteiger charge is -2.06. The van der Waals surface area contributed by atoms with Crippen molar-refractivity contribution in [3.63, 3.8) is 0 Å². The van der Waals surface area contributed by atoms with Crippen molar-refractivity contribution in [1.29, 1.82) is 0 Å². The molecule has 1 N–H and O–H groups in total. The number of carbonyl (C=O) groups excluding carboxylic acids is 1. The van der Waals surface area contributed by atoms with Crippen LogP contribution in [-0.2, 0) is 9.53 Å². The van der Waals surface area contributed by atoms with E-state index in [4.69, 9.17) is 5.11 Å². The molecule has 0 bridgehead atoms. The summed E-state index contributed by atoms with van der Waals surface area (Å²) in [6, 6.07) is 2.90. The van der Waals surface area contributed by atoms with Gasteiger partial charge < -0.3 is 9.84 Å². The maximum absolute atomic E-state index is 11.2. The molecule has 0 radical (unpaired) electrons. The zero-order valence-corrected chi connectivity index (χ0v) is 8.43. The molecule has 0 aromatic carbocycles. The molecule has 1 atom stereocenters. The molecule has 80 valence electrons.